The molecule has 3 atom stereocenters. The lowest BCUT2D eigenvalue weighted by atomic mass is 10.0. The predicted octanol–water partition coefficient (Wildman–Crippen LogP) is 2.29. The zero-order valence-electron chi connectivity index (χ0n) is 17.1. The van der Waals surface area contributed by atoms with Gasteiger partial charge >= 0.3 is 0 Å². The summed E-state index contributed by atoms with van der Waals surface area (Å²) in [6.45, 7) is 12.3. The maximum atomic E-state index is 12.1. The van der Waals surface area contributed by atoms with E-state index in [1.807, 2.05) is 25.8 Å². The lowest BCUT2D eigenvalue weighted by molar-refractivity contribution is -0.133. The number of hydrogen-bond donors (Lipinski definition) is 2. The molecule has 2 saturated heterocycles. The second kappa shape index (κ2) is 11.3. The summed E-state index contributed by atoms with van der Waals surface area (Å²) in [4.78, 5) is 21.0. The molecule has 2 fully saturated rings. The van der Waals surface area contributed by atoms with E-state index in [2.05, 4.69) is 34.4 Å². The Kier molecular flexibility index (Phi) is 10.2. The Morgan fingerprint density at radius 1 is 1.19 bits per heavy atom. The van der Waals surface area contributed by atoms with Crippen molar-refractivity contribution in [3.8, 4) is 0 Å². The van der Waals surface area contributed by atoms with E-state index in [9.17, 15) is 4.79 Å². The summed E-state index contributed by atoms with van der Waals surface area (Å²) in [6, 6.07) is 1.46. The molecule has 0 aromatic heterocycles. The molecule has 152 valence electrons. The van der Waals surface area contributed by atoms with Crippen LogP contribution in [-0.4, -0.2) is 73.0 Å². The first-order chi connectivity index (χ1) is 11.9. The second-order valence-electron chi connectivity index (χ2n) is 7.95. The number of rotatable bonds is 5. The van der Waals surface area contributed by atoms with Crippen molar-refractivity contribution in [3.63, 3.8) is 0 Å². The number of likely N-dealkylation sites (tertiary alicyclic amines) is 2. The number of nitrogens with zero attached hydrogens (tertiary/aromatic N) is 3. The fourth-order valence-corrected chi connectivity index (χ4v) is 3.97. The van der Waals surface area contributed by atoms with Gasteiger partial charge in [0.2, 0.25) is 5.91 Å². The molecule has 3 unspecified atom stereocenters. The minimum Gasteiger partial charge on any atom is -0.355 e. The Morgan fingerprint density at radius 2 is 1.92 bits per heavy atom. The van der Waals surface area contributed by atoms with Crippen molar-refractivity contribution in [3.05, 3.63) is 0 Å². The number of amides is 1. The van der Waals surface area contributed by atoms with Crippen molar-refractivity contribution < 1.29 is 4.79 Å². The van der Waals surface area contributed by atoms with Crippen LogP contribution in [0.5, 0.6) is 0 Å². The highest BCUT2D eigenvalue weighted by molar-refractivity contribution is 14.0. The first-order valence-electron chi connectivity index (χ1n) is 9.94. The van der Waals surface area contributed by atoms with Crippen molar-refractivity contribution in [2.75, 3.05) is 33.2 Å². The zero-order valence-corrected chi connectivity index (χ0v) is 19.5. The number of piperidine rings is 1. The van der Waals surface area contributed by atoms with Crippen LogP contribution in [0.25, 0.3) is 0 Å². The van der Waals surface area contributed by atoms with Gasteiger partial charge in [0.25, 0.3) is 0 Å². The summed E-state index contributed by atoms with van der Waals surface area (Å²) < 4.78 is 0. The molecule has 7 heteroatoms. The van der Waals surface area contributed by atoms with E-state index in [0.717, 1.165) is 32.0 Å². The van der Waals surface area contributed by atoms with Gasteiger partial charge in [0.1, 0.15) is 0 Å². The van der Waals surface area contributed by atoms with Crippen LogP contribution in [0.4, 0.5) is 0 Å². The van der Waals surface area contributed by atoms with Gasteiger partial charge in [-0.1, -0.05) is 20.3 Å². The number of carbonyl (C=O) groups is 1. The predicted molar refractivity (Wildman–Crippen MR) is 119 cm³/mol. The van der Waals surface area contributed by atoms with Crippen LogP contribution in [0.3, 0.4) is 0 Å². The number of guanidine groups is 1. The van der Waals surface area contributed by atoms with Crippen LogP contribution < -0.4 is 10.6 Å². The van der Waals surface area contributed by atoms with Gasteiger partial charge in [0.15, 0.2) is 5.96 Å². The lowest BCUT2D eigenvalue weighted by Gasteiger charge is -2.38. The minimum atomic E-state index is 0. The van der Waals surface area contributed by atoms with E-state index in [1.54, 1.807) is 0 Å². The Balaban J connectivity index is 0.00000338. The quantitative estimate of drug-likeness (QED) is 0.361. The molecule has 26 heavy (non-hydrogen) atoms. The molecular weight excluding hydrogens is 441 g/mol. The van der Waals surface area contributed by atoms with Crippen LogP contribution in [0.15, 0.2) is 4.99 Å². The standard InChI is InChI=1S/C19H37N5O.HI/c1-14(2)18(25)23-11-9-17(13-23)22-19(20-5)21-12-16(4)24-10-7-6-8-15(24)3;/h14-17H,6-13H2,1-5H3,(H2,20,21,22);1H. The highest BCUT2D eigenvalue weighted by atomic mass is 127. The van der Waals surface area contributed by atoms with Gasteiger partial charge in [-0.05, 0) is 39.7 Å². The Hall–Kier alpha value is -0.570. The molecule has 0 aliphatic carbocycles. The second-order valence-corrected chi connectivity index (χ2v) is 7.95. The maximum absolute atomic E-state index is 12.1. The van der Waals surface area contributed by atoms with Crippen molar-refractivity contribution in [2.45, 2.75) is 71.5 Å². The van der Waals surface area contributed by atoms with Crippen LogP contribution in [-0.2, 0) is 4.79 Å². The number of nitrogens with one attached hydrogen (secondary N) is 2. The summed E-state index contributed by atoms with van der Waals surface area (Å²) in [6.07, 6.45) is 4.95. The lowest BCUT2D eigenvalue weighted by Crippen LogP contribution is -2.51. The van der Waals surface area contributed by atoms with Crippen LogP contribution in [0, 0.1) is 5.92 Å². The highest BCUT2D eigenvalue weighted by Crippen LogP contribution is 2.18. The molecule has 1 amide bonds. The summed E-state index contributed by atoms with van der Waals surface area (Å²) in [7, 11) is 1.81. The summed E-state index contributed by atoms with van der Waals surface area (Å²) in [5.74, 6) is 1.17. The van der Waals surface area contributed by atoms with Gasteiger partial charge in [-0.2, -0.15) is 0 Å². The third kappa shape index (κ3) is 6.55. The first kappa shape index (κ1) is 23.5. The maximum Gasteiger partial charge on any atom is 0.225 e. The van der Waals surface area contributed by atoms with E-state index >= 15 is 0 Å². The molecule has 0 saturated carbocycles. The van der Waals surface area contributed by atoms with E-state index in [0.29, 0.717) is 12.1 Å². The average Bonchev–Trinajstić information content (AvgIpc) is 3.06. The van der Waals surface area contributed by atoms with Gasteiger partial charge in [0.05, 0.1) is 0 Å². The number of carbonyl (C=O) groups excluding carboxylic acids is 1. The normalized spacial score (nSPS) is 25.8. The van der Waals surface area contributed by atoms with E-state index in [4.69, 9.17) is 0 Å². The molecule has 2 aliphatic heterocycles. The first-order valence-corrected chi connectivity index (χ1v) is 9.94. The summed E-state index contributed by atoms with van der Waals surface area (Å²) >= 11 is 0. The molecule has 0 aromatic rings. The Morgan fingerprint density at radius 3 is 2.54 bits per heavy atom. The van der Waals surface area contributed by atoms with Crippen molar-refractivity contribution in [1.29, 1.82) is 0 Å². The molecule has 0 aromatic carbocycles. The summed E-state index contributed by atoms with van der Waals surface area (Å²) in [5, 5.41) is 6.96. The van der Waals surface area contributed by atoms with E-state index < -0.39 is 0 Å². The third-order valence-electron chi connectivity index (χ3n) is 5.54. The molecule has 2 rings (SSSR count). The molecule has 2 N–H and O–H groups in total. The fraction of sp³-hybridized carbons (Fsp3) is 0.895. The van der Waals surface area contributed by atoms with Crippen molar-refractivity contribution >= 4 is 35.8 Å². The van der Waals surface area contributed by atoms with Gasteiger partial charge in [-0.25, -0.2) is 0 Å². The van der Waals surface area contributed by atoms with Crippen molar-refractivity contribution in [2.24, 2.45) is 10.9 Å². The third-order valence-corrected chi connectivity index (χ3v) is 5.54. The van der Waals surface area contributed by atoms with Gasteiger partial charge in [0, 0.05) is 50.7 Å². The zero-order chi connectivity index (χ0) is 18.4. The van der Waals surface area contributed by atoms with Gasteiger partial charge < -0.3 is 15.5 Å². The molecule has 2 aliphatic rings. The number of aliphatic imine (C=N–C) groups is 1. The topological polar surface area (TPSA) is 60.0 Å². The van der Waals surface area contributed by atoms with Crippen LogP contribution in [0.1, 0.15) is 53.4 Å². The highest BCUT2D eigenvalue weighted by Gasteiger charge is 2.28. The van der Waals surface area contributed by atoms with Crippen LogP contribution in [0.2, 0.25) is 0 Å². The van der Waals surface area contributed by atoms with Gasteiger partial charge in [-0.15, -0.1) is 24.0 Å². The van der Waals surface area contributed by atoms with E-state index in [-0.39, 0.29) is 41.8 Å². The largest absolute Gasteiger partial charge is 0.355 e. The molecular formula is C19H38IN5O. The smallest absolute Gasteiger partial charge is 0.225 e. The van der Waals surface area contributed by atoms with Crippen molar-refractivity contribution in [1.82, 2.24) is 20.4 Å². The SMILES string of the molecule is CN=C(NCC(C)N1CCCCC1C)NC1CCN(C(=O)C(C)C)C1.I. The molecule has 6 nitrogen and oxygen atoms in total. The molecule has 2 heterocycles. The van der Waals surface area contributed by atoms with Gasteiger partial charge in [-0.3, -0.25) is 14.7 Å². The Bertz CT molecular complexity index is 471. The minimum absolute atomic E-state index is 0. The molecule has 0 spiro atoms. The number of halogens is 1. The van der Waals surface area contributed by atoms with Crippen LogP contribution >= 0.6 is 24.0 Å². The number of hydrogen-bond acceptors (Lipinski definition) is 3. The monoisotopic (exact) mass is 479 g/mol. The fourth-order valence-electron chi connectivity index (χ4n) is 3.97. The Labute approximate surface area is 176 Å². The molecule has 0 bridgehead atoms. The molecule has 0 radical (unpaired) electrons. The van der Waals surface area contributed by atoms with E-state index in [1.165, 1.54) is 25.8 Å². The average molecular weight is 479 g/mol. The summed E-state index contributed by atoms with van der Waals surface area (Å²) in [5.41, 5.74) is 0.